The molecule has 0 aliphatic carbocycles. The third kappa shape index (κ3) is 4.76. The molecule has 0 spiro atoms. The molecule has 2 N–H and O–H groups in total. The maximum atomic E-state index is 13.3. The van der Waals surface area contributed by atoms with Crippen molar-refractivity contribution >= 4 is 40.7 Å². The zero-order valence-electron chi connectivity index (χ0n) is 10.3. The van der Waals surface area contributed by atoms with Gasteiger partial charge in [-0.15, -0.1) is 24.8 Å². The number of phenols is 1. The average Bonchev–Trinajstić information content (AvgIpc) is 2.36. The van der Waals surface area contributed by atoms with Crippen molar-refractivity contribution < 1.29 is 9.50 Å². The summed E-state index contributed by atoms with van der Waals surface area (Å²) in [5.74, 6) is 0.161. The molecule has 1 aromatic rings. The van der Waals surface area contributed by atoms with Gasteiger partial charge in [0.15, 0.2) is 0 Å². The highest BCUT2D eigenvalue weighted by Gasteiger charge is 2.24. The Balaban J connectivity index is 0.00000162. The minimum atomic E-state index is -0.482. The molecule has 19 heavy (non-hydrogen) atoms. The van der Waals surface area contributed by atoms with Crippen LogP contribution in [0.1, 0.15) is 11.6 Å². The Morgan fingerprint density at radius 2 is 1.95 bits per heavy atom. The number of aromatic hydroxyl groups is 1. The second-order valence-corrected chi connectivity index (χ2v) is 5.07. The fourth-order valence-corrected chi connectivity index (χ4v) is 2.54. The van der Waals surface area contributed by atoms with Crippen LogP contribution in [-0.2, 0) is 0 Å². The van der Waals surface area contributed by atoms with Crippen molar-refractivity contribution in [2.45, 2.75) is 6.04 Å². The molecule has 7 heteroatoms. The molecular weight excluding hydrogens is 358 g/mol. The van der Waals surface area contributed by atoms with Crippen LogP contribution in [0, 0.1) is 0 Å². The van der Waals surface area contributed by atoms with Gasteiger partial charge in [-0.3, -0.25) is 4.90 Å². The van der Waals surface area contributed by atoms with E-state index in [1.165, 1.54) is 0 Å². The lowest BCUT2D eigenvalue weighted by molar-refractivity contribution is 0.145. The van der Waals surface area contributed by atoms with Crippen molar-refractivity contribution in [1.82, 2.24) is 10.2 Å². The van der Waals surface area contributed by atoms with E-state index in [4.69, 9.17) is 0 Å². The first-order chi connectivity index (χ1) is 8.22. The molecule has 0 amide bonds. The third-order valence-corrected chi connectivity index (χ3v) is 3.58. The zero-order valence-corrected chi connectivity index (χ0v) is 13.5. The van der Waals surface area contributed by atoms with Gasteiger partial charge in [0, 0.05) is 36.2 Å². The van der Waals surface area contributed by atoms with Crippen molar-refractivity contribution in [2.75, 3.05) is 32.9 Å². The Bertz CT molecular complexity index is 392. The summed E-state index contributed by atoms with van der Waals surface area (Å²) in [5, 5.41) is 13.1. The molecule has 1 aliphatic rings. The van der Waals surface area contributed by atoms with Crippen molar-refractivity contribution in [3.8, 4) is 5.75 Å². The van der Waals surface area contributed by atoms with Crippen molar-refractivity contribution in [3.63, 3.8) is 0 Å². The van der Waals surface area contributed by atoms with Crippen molar-refractivity contribution in [1.29, 1.82) is 0 Å². The lowest BCUT2D eigenvalue weighted by atomic mass is 10.0. The third-order valence-electron chi connectivity index (χ3n) is 3.09. The first-order valence-corrected chi connectivity index (χ1v) is 6.51. The molecule has 2 rings (SSSR count). The van der Waals surface area contributed by atoms with E-state index in [0.717, 1.165) is 30.7 Å². The molecular formula is C12H18BrCl2FN2O. The molecule has 0 unspecified atom stereocenters. The molecule has 0 saturated carbocycles. The summed E-state index contributed by atoms with van der Waals surface area (Å²) in [6.45, 7) is 2.86. The largest absolute Gasteiger partial charge is 0.508 e. The monoisotopic (exact) mass is 374 g/mol. The number of benzene rings is 1. The van der Waals surface area contributed by atoms with Crippen LogP contribution in [0.3, 0.4) is 0 Å². The van der Waals surface area contributed by atoms with Gasteiger partial charge in [0.25, 0.3) is 0 Å². The molecule has 1 heterocycles. The maximum absolute atomic E-state index is 13.3. The van der Waals surface area contributed by atoms with Gasteiger partial charge in [0.05, 0.1) is 6.04 Å². The lowest BCUT2D eigenvalue weighted by Crippen LogP contribution is -2.45. The molecule has 110 valence electrons. The second kappa shape index (κ2) is 8.97. The molecule has 1 aliphatic heterocycles. The van der Waals surface area contributed by atoms with Crippen LogP contribution in [0.2, 0.25) is 0 Å². The maximum Gasteiger partial charge on any atom is 0.120 e. The van der Waals surface area contributed by atoms with Crippen LogP contribution in [0.4, 0.5) is 4.39 Å². The molecule has 1 atom stereocenters. The van der Waals surface area contributed by atoms with Crippen LogP contribution in [0.25, 0.3) is 0 Å². The smallest absolute Gasteiger partial charge is 0.120 e. The summed E-state index contributed by atoms with van der Waals surface area (Å²) in [6.07, 6.45) is 0. The molecule has 3 nitrogen and oxygen atoms in total. The van der Waals surface area contributed by atoms with Crippen LogP contribution >= 0.6 is 40.7 Å². The zero-order chi connectivity index (χ0) is 12.3. The van der Waals surface area contributed by atoms with Gasteiger partial charge >= 0.3 is 0 Å². The summed E-state index contributed by atoms with van der Waals surface area (Å²) in [4.78, 5) is 2.07. The van der Waals surface area contributed by atoms with Crippen LogP contribution in [0.15, 0.2) is 22.7 Å². The minimum absolute atomic E-state index is 0. The molecule has 1 aromatic carbocycles. The predicted molar refractivity (Wildman–Crippen MR) is 83.5 cm³/mol. The molecule has 1 fully saturated rings. The fraction of sp³-hybridized carbons (Fsp3) is 0.500. The number of halogens is 4. The van der Waals surface area contributed by atoms with Gasteiger partial charge in [-0.1, -0.05) is 15.9 Å². The van der Waals surface area contributed by atoms with E-state index in [9.17, 15) is 9.50 Å². The average molecular weight is 376 g/mol. The molecule has 0 aromatic heterocycles. The highest BCUT2D eigenvalue weighted by atomic mass is 79.9. The summed E-state index contributed by atoms with van der Waals surface area (Å²) in [5.41, 5.74) is 0.656. The van der Waals surface area contributed by atoms with E-state index in [-0.39, 0.29) is 36.6 Å². The van der Waals surface area contributed by atoms with Gasteiger partial charge in [0.1, 0.15) is 12.4 Å². The Kier molecular flexibility index (Phi) is 8.94. The van der Waals surface area contributed by atoms with E-state index < -0.39 is 6.67 Å². The van der Waals surface area contributed by atoms with E-state index in [1.807, 2.05) is 0 Å². The Morgan fingerprint density at radius 1 is 1.32 bits per heavy atom. The number of nitrogens with zero attached hydrogens (tertiary/aromatic N) is 1. The van der Waals surface area contributed by atoms with E-state index in [0.29, 0.717) is 5.56 Å². The SMILES string of the molecule is Cl.Cl.Oc1ccc(Br)cc1[C@@H](CF)N1CCNCC1. The number of phenolic OH excluding ortho intramolecular Hbond substituents is 1. The van der Waals surface area contributed by atoms with E-state index >= 15 is 0 Å². The lowest BCUT2D eigenvalue weighted by Gasteiger charge is -2.33. The quantitative estimate of drug-likeness (QED) is 0.852. The highest BCUT2D eigenvalue weighted by molar-refractivity contribution is 9.10. The Labute approximate surface area is 133 Å². The normalized spacial score (nSPS) is 17.2. The van der Waals surface area contributed by atoms with Crippen LogP contribution in [-0.4, -0.2) is 42.9 Å². The van der Waals surface area contributed by atoms with Gasteiger partial charge in [-0.2, -0.15) is 0 Å². The van der Waals surface area contributed by atoms with Crippen LogP contribution < -0.4 is 5.32 Å². The summed E-state index contributed by atoms with van der Waals surface area (Å²) in [7, 11) is 0. The number of nitrogens with one attached hydrogen (secondary N) is 1. The first kappa shape index (κ1) is 18.9. The standard InChI is InChI=1S/C12H16BrFN2O.2ClH/c13-9-1-2-12(17)10(7-9)11(8-14)16-5-3-15-4-6-16;;/h1-2,7,11,15,17H,3-6,8H2;2*1H/t11-;;/m1../s1. The van der Waals surface area contributed by atoms with Gasteiger partial charge in [-0.05, 0) is 18.2 Å². The van der Waals surface area contributed by atoms with Crippen molar-refractivity contribution in [3.05, 3.63) is 28.2 Å². The number of hydrogen-bond acceptors (Lipinski definition) is 3. The predicted octanol–water partition coefficient (Wildman–Crippen LogP) is 2.91. The van der Waals surface area contributed by atoms with Gasteiger partial charge < -0.3 is 10.4 Å². The van der Waals surface area contributed by atoms with Crippen LogP contribution in [0.5, 0.6) is 5.75 Å². The molecule has 0 bridgehead atoms. The number of rotatable bonds is 3. The summed E-state index contributed by atoms with van der Waals surface area (Å²) in [6, 6.07) is 4.80. The number of hydrogen-bond donors (Lipinski definition) is 2. The minimum Gasteiger partial charge on any atom is -0.508 e. The first-order valence-electron chi connectivity index (χ1n) is 5.71. The highest BCUT2D eigenvalue weighted by Crippen LogP contribution is 2.31. The number of piperazine rings is 1. The van der Waals surface area contributed by atoms with E-state index in [2.05, 4.69) is 26.1 Å². The summed E-state index contributed by atoms with van der Waals surface area (Å²) < 4.78 is 14.1. The fourth-order valence-electron chi connectivity index (χ4n) is 2.16. The summed E-state index contributed by atoms with van der Waals surface area (Å²) >= 11 is 3.35. The van der Waals surface area contributed by atoms with Crippen molar-refractivity contribution in [2.24, 2.45) is 0 Å². The van der Waals surface area contributed by atoms with E-state index in [1.54, 1.807) is 18.2 Å². The molecule has 1 saturated heterocycles. The topological polar surface area (TPSA) is 35.5 Å². The van der Waals surface area contributed by atoms with Gasteiger partial charge in [0.2, 0.25) is 0 Å². The Morgan fingerprint density at radius 3 is 2.53 bits per heavy atom. The Hall–Kier alpha value is -0.0700. The number of alkyl halides is 1. The molecule has 0 radical (unpaired) electrons. The second-order valence-electron chi connectivity index (χ2n) is 4.16. The van der Waals surface area contributed by atoms with Gasteiger partial charge in [-0.25, -0.2) is 4.39 Å².